The summed E-state index contributed by atoms with van der Waals surface area (Å²) in [5.74, 6) is 0.360. The lowest BCUT2D eigenvalue weighted by Crippen LogP contribution is -2.13. The molecule has 142 valence electrons. The van der Waals surface area contributed by atoms with Gasteiger partial charge in [0, 0.05) is 13.0 Å². The van der Waals surface area contributed by atoms with Crippen molar-refractivity contribution in [2.24, 2.45) is 0 Å². The van der Waals surface area contributed by atoms with E-state index in [2.05, 4.69) is 22.3 Å². The number of carboxylic acid groups (broad SMARTS) is 1. The molecule has 2 aromatic heterocycles. The number of carboxylic acids is 1. The summed E-state index contributed by atoms with van der Waals surface area (Å²) in [5.41, 5.74) is 3.89. The molecule has 27 heavy (non-hydrogen) atoms. The van der Waals surface area contributed by atoms with Gasteiger partial charge < -0.3 is 14.0 Å². The van der Waals surface area contributed by atoms with Crippen LogP contribution in [0.15, 0.2) is 39.3 Å². The van der Waals surface area contributed by atoms with Gasteiger partial charge in [0.25, 0.3) is 0 Å². The van der Waals surface area contributed by atoms with E-state index in [0.29, 0.717) is 23.8 Å². The lowest BCUT2D eigenvalue weighted by Gasteiger charge is -2.09. The Kier molecular flexibility index (Phi) is 5.74. The molecule has 6 nitrogen and oxygen atoms in total. The minimum atomic E-state index is -0.909. The fourth-order valence-corrected chi connectivity index (χ4v) is 3.20. The highest BCUT2D eigenvalue weighted by atomic mass is 16.5. The zero-order chi connectivity index (χ0) is 19.4. The highest BCUT2D eigenvalue weighted by Crippen LogP contribution is 2.23. The van der Waals surface area contributed by atoms with Gasteiger partial charge in [-0.25, -0.2) is 4.98 Å². The van der Waals surface area contributed by atoms with Crippen LogP contribution in [0.2, 0.25) is 0 Å². The average molecular weight is 368 g/mol. The summed E-state index contributed by atoms with van der Waals surface area (Å²) in [5, 5.41) is 13.3. The molecule has 0 saturated carbocycles. The highest BCUT2D eigenvalue weighted by molar-refractivity contribution is 5.75. The number of aromatic nitrogens is 2. The first-order chi connectivity index (χ1) is 12.9. The van der Waals surface area contributed by atoms with E-state index >= 15 is 0 Å². The van der Waals surface area contributed by atoms with Crippen molar-refractivity contribution in [3.05, 3.63) is 70.3 Å². The summed E-state index contributed by atoms with van der Waals surface area (Å²) in [6, 6.07) is 9.77. The molecule has 1 N–H and O–H groups in total. The number of aryl methyl sites for hydroxylation is 5. The Morgan fingerprint density at radius 3 is 2.37 bits per heavy atom. The third kappa shape index (κ3) is 4.84. The maximum absolute atomic E-state index is 11.6. The third-order valence-electron chi connectivity index (χ3n) is 4.63. The molecule has 0 saturated heterocycles. The first kappa shape index (κ1) is 18.9. The number of rotatable bonds is 8. The molecule has 0 radical (unpaired) electrons. The molecule has 0 spiro atoms. The van der Waals surface area contributed by atoms with Gasteiger partial charge in [0.15, 0.2) is 11.7 Å². The molecular weight excluding hydrogens is 344 g/mol. The zero-order valence-corrected chi connectivity index (χ0v) is 15.9. The summed E-state index contributed by atoms with van der Waals surface area (Å²) in [6.07, 6.45) is 3.19. The molecular formula is C21H24N2O4. The molecule has 0 amide bonds. The van der Waals surface area contributed by atoms with E-state index < -0.39 is 11.9 Å². The van der Waals surface area contributed by atoms with Gasteiger partial charge in [-0.3, -0.25) is 4.79 Å². The number of hydrogen-bond donors (Lipinski definition) is 1. The van der Waals surface area contributed by atoms with E-state index in [1.165, 1.54) is 5.56 Å². The highest BCUT2D eigenvalue weighted by Gasteiger charge is 2.24. The first-order valence-corrected chi connectivity index (χ1v) is 9.09. The van der Waals surface area contributed by atoms with Crippen molar-refractivity contribution in [3.63, 3.8) is 0 Å². The fourth-order valence-electron chi connectivity index (χ4n) is 3.20. The number of benzene rings is 1. The quantitative estimate of drug-likeness (QED) is 0.642. The summed E-state index contributed by atoms with van der Waals surface area (Å²) in [4.78, 5) is 16.0. The van der Waals surface area contributed by atoms with Gasteiger partial charge in [0.2, 0.25) is 0 Å². The molecule has 0 bridgehead atoms. The lowest BCUT2D eigenvalue weighted by atomic mass is 9.95. The van der Waals surface area contributed by atoms with Crippen LogP contribution in [0.4, 0.5) is 0 Å². The largest absolute Gasteiger partial charge is 0.481 e. The molecule has 1 aromatic carbocycles. The van der Waals surface area contributed by atoms with Crippen LogP contribution >= 0.6 is 0 Å². The monoisotopic (exact) mass is 368 g/mol. The summed E-state index contributed by atoms with van der Waals surface area (Å²) in [7, 11) is 0. The lowest BCUT2D eigenvalue weighted by molar-refractivity contribution is -0.139. The van der Waals surface area contributed by atoms with Crippen molar-refractivity contribution in [2.45, 2.75) is 52.4 Å². The van der Waals surface area contributed by atoms with E-state index in [0.717, 1.165) is 36.3 Å². The SMILES string of the molecule is Cc1cc(C(Cc2ccc(CCCc3nc(C)oc3C)cc2)C(=O)O)on1. The molecule has 2 heterocycles. The summed E-state index contributed by atoms with van der Waals surface area (Å²) >= 11 is 0. The summed E-state index contributed by atoms with van der Waals surface area (Å²) < 4.78 is 10.6. The molecule has 6 heteroatoms. The number of oxazole rings is 1. The fraction of sp³-hybridized carbons (Fsp3) is 0.381. The van der Waals surface area contributed by atoms with Crippen molar-refractivity contribution >= 4 is 5.97 Å². The summed E-state index contributed by atoms with van der Waals surface area (Å²) in [6.45, 7) is 5.58. The minimum absolute atomic E-state index is 0.377. The Morgan fingerprint density at radius 2 is 1.81 bits per heavy atom. The number of hydrogen-bond acceptors (Lipinski definition) is 5. The van der Waals surface area contributed by atoms with E-state index in [-0.39, 0.29) is 0 Å². The molecule has 1 unspecified atom stereocenters. The third-order valence-corrected chi connectivity index (χ3v) is 4.63. The predicted molar refractivity (Wildman–Crippen MR) is 99.8 cm³/mol. The van der Waals surface area contributed by atoms with Crippen LogP contribution in [0.3, 0.4) is 0 Å². The van der Waals surface area contributed by atoms with Gasteiger partial charge in [-0.15, -0.1) is 0 Å². The Morgan fingerprint density at radius 1 is 1.11 bits per heavy atom. The molecule has 0 fully saturated rings. The van der Waals surface area contributed by atoms with Crippen LogP contribution in [-0.2, 0) is 24.1 Å². The minimum Gasteiger partial charge on any atom is -0.481 e. The van der Waals surface area contributed by atoms with E-state index in [9.17, 15) is 9.90 Å². The molecule has 1 atom stereocenters. The van der Waals surface area contributed by atoms with Crippen LogP contribution in [0.25, 0.3) is 0 Å². The number of nitrogens with zero attached hydrogens (tertiary/aromatic N) is 2. The van der Waals surface area contributed by atoms with E-state index in [4.69, 9.17) is 8.94 Å². The van der Waals surface area contributed by atoms with Crippen LogP contribution in [-0.4, -0.2) is 21.2 Å². The van der Waals surface area contributed by atoms with Crippen molar-refractivity contribution in [2.75, 3.05) is 0 Å². The maximum Gasteiger partial charge on any atom is 0.314 e. The van der Waals surface area contributed by atoms with Crippen LogP contribution in [0.1, 0.15) is 52.3 Å². The van der Waals surface area contributed by atoms with Gasteiger partial charge in [-0.2, -0.15) is 0 Å². The normalized spacial score (nSPS) is 12.3. The van der Waals surface area contributed by atoms with E-state index in [1.807, 2.05) is 26.0 Å². The second-order valence-corrected chi connectivity index (χ2v) is 6.87. The number of aliphatic carboxylic acids is 1. The Labute approximate surface area is 158 Å². The second-order valence-electron chi connectivity index (χ2n) is 6.87. The Hall–Kier alpha value is -2.89. The Balaban J connectivity index is 1.57. The van der Waals surface area contributed by atoms with Crippen molar-refractivity contribution < 1.29 is 18.8 Å². The Bertz CT molecular complexity index is 909. The molecule has 0 aliphatic carbocycles. The van der Waals surface area contributed by atoms with Crippen LogP contribution in [0.5, 0.6) is 0 Å². The zero-order valence-electron chi connectivity index (χ0n) is 15.9. The smallest absolute Gasteiger partial charge is 0.314 e. The van der Waals surface area contributed by atoms with Crippen molar-refractivity contribution in [1.82, 2.24) is 10.1 Å². The molecule has 0 aliphatic rings. The van der Waals surface area contributed by atoms with Gasteiger partial charge in [-0.05, 0) is 50.7 Å². The van der Waals surface area contributed by atoms with Crippen molar-refractivity contribution in [1.29, 1.82) is 0 Å². The second kappa shape index (κ2) is 8.20. The van der Waals surface area contributed by atoms with Gasteiger partial charge >= 0.3 is 5.97 Å². The van der Waals surface area contributed by atoms with E-state index in [1.54, 1.807) is 13.0 Å². The van der Waals surface area contributed by atoms with Crippen LogP contribution in [0, 0.1) is 20.8 Å². The molecule has 3 aromatic rings. The van der Waals surface area contributed by atoms with Gasteiger partial charge in [0.1, 0.15) is 11.7 Å². The maximum atomic E-state index is 11.6. The predicted octanol–water partition coefficient (Wildman–Crippen LogP) is 4.17. The first-order valence-electron chi connectivity index (χ1n) is 9.09. The standard InChI is InChI=1S/C21H24N2O4/c1-13-11-20(27-23-13)18(21(24)25)12-17-9-7-16(8-10-17)5-4-6-19-14(2)26-15(3)22-19/h7-11,18H,4-6,12H2,1-3H3,(H,24,25). The average Bonchev–Trinajstić information content (AvgIpc) is 3.18. The molecule has 0 aliphatic heterocycles. The van der Waals surface area contributed by atoms with Gasteiger partial charge in [0.05, 0.1) is 11.4 Å². The molecule has 3 rings (SSSR count). The van der Waals surface area contributed by atoms with Crippen molar-refractivity contribution in [3.8, 4) is 0 Å². The van der Waals surface area contributed by atoms with Gasteiger partial charge in [-0.1, -0.05) is 29.4 Å². The topological polar surface area (TPSA) is 89.4 Å². The number of carbonyl (C=O) groups is 1. The van der Waals surface area contributed by atoms with Crippen LogP contribution < -0.4 is 0 Å².